The van der Waals surface area contributed by atoms with Crippen LogP contribution in [-0.2, 0) is 7.05 Å². The number of hydrogen-bond acceptors (Lipinski definition) is 5. The van der Waals surface area contributed by atoms with Crippen LogP contribution in [0.2, 0.25) is 10.2 Å². The number of nitrogens with one attached hydrogen (secondary N) is 3. The van der Waals surface area contributed by atoms with E-state index in [4.69, 9.17) is 23.2 Å². The number of urea groups is 1. The molecule has 0 aliphatic heterocycles. The molecule has 0 unspecified atom stereocenters. The van der Waals surface area contributed by atoms with E-state index < -0.39 is 6.03 Å². The Hall–Kier alpha value is -3.36. The summed E-state index contributed by atoms with van der Waals surface area (Å²) in [6.45, 7) is 3.91. The predicted octanol–water partition coefficient (Wildman–Crippen LogP) is 5.10. The summed E-state index contributed by atoms with van der Waals surface area (Å²) in [6.07, 6.45) is 0. The van der Waals surface area contributed by atoms with E-state index in [0.29, 0.717) is 27.8 Å². The minimum absolute atomic E-state index is 0.231. The maximum Gasteiger partial charge on any atom is 0.337 e. The lowest BCUT2D eigenvalue weighted by molar-refractivity contribution is 0.254. The first-order valence-electron chi connectivity index (χ1n) is 9.38. The van der Waals surface area contributed by atoms with Gasteiger partial charge in [0.2, 0.25) is 0 Å². The van der Waals surface area contributed by atoms with Gasteiger partial charge in [0.25, 0.3) is 0 Å². The monoisotopic (exact) mass is 455 g/mol. The highest BCUT2D eigenvalue weighted by molar-refractivity contribution is 6.33. The van der Waals surface area contributed by atoms with Crippen molar-refractivity contribution in [2.75, 3.05) is 10.7 Å². The smallest absolute Gasteiger partial charge is 0.306 e. The number of halogens is 2. The molecule has 3 heterocycles. The Kier molecular flexibility index (Phi) is 5.67. The topological polar surface area (TPSA) is 96.8 Å². The van der Waals surface area contributed by atoms with Crippen molar-refractivity contribution >= 4 is 51.8 Å². The number of pyridine rings is 2. The number of nitrogens with zero attached hydrogens (tertiary/aromatic N) is 4. The van der Waals surface area contributed by atoms with E-state index in [1.54, 1.807) is 22.9 Å². The number of carbonyl (C=O) groups excluding carboxylic acids is 1. The van der Waals surface area contributed by atoms with Crippen LogP contribution < -0.4 is 16.2 Å². The van der Waals surface area contributed by atoms with Crippen LogP contribution in [0.1, 0.15) is 11.3 Å². The molecule has 0 radical (unpaired) electrons. The normalized spacial score (nSPS) is 10.9. The first-order valence-corrected chi connectivity index (χ1v) is 10.1. The van der Waals surface area contributed by atoms with Gasteiger partial charge in [0.05, 0.1) is 11.4 Å². The molecule has 0 aliphatic rings. The summed E-state index contributed by atoms with van der Waals surface area (Å²) in [6, 6.07) is 11.9. The first-order chi connectivity index (χ1) is 14.8. The summed E-state index contributed by atoms with van der Waals surface area (Å²) in [4.78, 5) is 21.2. The summed E-state index contributed by atoms with van der Waals surface area (Å²) in [5.41, 5.74) is 9.77. The van der Waals surface area contributed by atoms with Gasteiger partial charge in [-0.3, -0.25) is 15.5 Å². The average molecular weight is 456 g/mol. The molecule has 1 aromatic carbocycles. The Labute approximate surface area is 188 Å². The zero-order valence-corrected chi connectivity index (χ0v) is 18.5. The molecular formula is C21H19Cl2N7O. The largest absolute Gasteiger partial charge is 0.337 e. The van der Waals surface area contributed by atoms with Gasteiger partial charge in [0.15, 0.2) is 5.65 Å². The van der Waals surface area contributed by atoms with Crippen molar-refractivity contribution in [2.24, 2.45) is 7.05 Å². The molecule has 0 aliphatic carbocycles. The van der Waals surface area contributed by atoms with Crippen LogP contribution in [0.15, 0.2) is 42.5 Å². The van der Waals surface area contributed by atoms with E-state index in [1.165, 1.54) is 0 Å². The average Bonchev–Trinajstić information content (AvgIpc) is 3.00. The molecule has 4 aromatic rings. The van der Waals surface area contributed by atoms with E-state index in [-0.39, 0.29) is 5.15 Å². The fraction of sp³-hybridized carbons (Fsp3) is 0.143. The molecule has 3 N–H and O–H groups in total. The molecule has 3 aromatic heterocycles. The van der Waals surface area contributed by atoms with Crippen molar-refractivity contribution in [3.8, 4) is 11.3 Å². The van der Waals surface area contributed by atoms with Gasteiger partial charge >= 0.3 is 6.03 Å². The lowest BCUT2D eigenvalue weighted by Crippen LogP contribution is -2.34. The highest BCUT2D eigenvalue weighted by atomic mass is 35.5. The maximum atomic E-state index is 12.4. The first kappa shape index (κ1) is 20.9. The SMILES string of the molecule is Cc1cc(NNC(=O)Nc2cc(Cl)nc(-c3ccccc3Cl)c2)nc2c1c(C)nn2C. The van der Waals surface area contributed by atoms with Gasteiger partial charge in [-0.15, -0.1) is 0 Å². The summed E-state index contributed by atoms with van der Waals surface area (Å²) in [5.74, 6) is 0.493. The number of fused-ring (bicyclic) bond motifs is 1. The third-order valence-electron chi connectivity index (χ3n) is 4.67. The van der Waals surface area contributed by atoms with Gasteiger partial charge in [-0.1, -0.05) is 41.4 Å². The fourth-order valence-electron chi connectivity index (χ4n) is 3.38. The van der Waals surface area contributed by atoms with Crippen molar-refractivity contribution in [3.63, 3.8) is 0 Å². The Morgan fingerprint density at radius 1 is 1.06 bits per heavy atom. The molecule has 10 heteroatoms. The second-order valence-electron chi connectivity index (χ2n) is 6.98. The summed E-state index contributed by atoms with van der Waals surface area (Å²) in [7, 11) is 1.83. The van der Waals surface area contributed by atoms with E-state index in [9.17, 15) is 4.79 Å². The predicted molar refractivity (Wildman–Crippen MR) is 123 cm³/mol. The summed E-state index contributed by atoms with van der Waals surface area (Å²) in [5, 5.41) is 8.88. The van der Waals surface area contributed by atoms with Crippen molar-refractivity contribution in [2.45, 2.75) is 13.8 Å². The zero-order chi connectivity index (χ0) is 22.1. The van der Waals surface area contributed by atoms with E-state index >= 15 is 0 Å². The van der Waals surface area contributed by atoms with Gasteiger partial charge < -0.3 is 5.32 Å². The third-order valence-corrected chi connectivity index (χ3v) is 5.19. The number of hydrazine groups is 1. The fourth-order valence-corrected chi connectivity index (χ4v) is 3.82. The second kappa shape index (κ2) is 8.41. The van der Waals surface area contributed by atoms with Crippen molar-refractivity contribution < 1.29 is 4.79 Å². The second-order valence-corrected chi connectivity index (χ2v) is 7.77. The molecular weight excluding hydrogens is 437 g/mol. The van der Waals surface area contributed by atoms with Crippen molar-refractivity contribution in [1.82, 2.24) is 25.2 Å². The van der Waals surface area contributed by atoms with Crippen LogP contribution in [0.5, 0.6) is 0 Å². The number of hydrogen-bond donors (Lipinski definition) is 3. The number of amides is 2. The van der Waals surface area contributed by atoms with Crippen LogP contribution in [0.3, 0.4) is 0 Å². The number of aromatic nitrogens is 4. The molecule has 0 saturated carbocycles. The molecule has 8 nitrogen and oxygen atoms in total. The van der Waals surface area contributed by atoms with Gasteiger partial charge in [0.1, 0.15) is 11.0 Å². The van der Waals surface area contributed by atoms with Gasteiger partial charge in [-0.05, 0) is 43.7 Å². The Morgan fingerprint density at radius 3 is 2.61 bits per heavy atom. The van der Waals surface area contributed by atoms with E-state index in [0.717, 1.165) is 22.3 Å². The zero-order valence-electron chi connectivity index (χ0n) is 17.0. The molecule has 0 bridgehead atoms. The molecule has 31 heavy (non-hydrogen) atoms. The van der Waals surface area contributed by atoms with Gasteiger partial charge in [0, 0.05) is 28.7 Å². The van der Waals surface area contributed by atoms with Crippen molar-refractivity contribution in [3.05, 3.63) is 63.9 Å². The Bertz CT molecular complexity index is 1300. The van der Waals surface area contributed by atoms with Crippen LogP contribution in [0.25, 0.3) is 22.3 Å². The van der Waals surface area contributed by atoms with E-state index in [1.807, 2.05) is 45.2 Å². The molecule has 0 fully saturated rings. The maximum absolute atomic E-state index is 12.4. The Morgan fingerprint density at radius 2 is 1.84 bits per heavy atom. The molecule has 158 valence electrons. The molecule has 0 atom stereocenters. The number of anilines is 2. The lowest BCUT2D eigenvalue weighted by Gasteiger charge is -2.12. The van der Waals surface area contributed by atoms with Crippen LogP contribution in [0.4, 0.5) is 16.3 Å². The quantitative estimate of drug-likeness (QED) is 0.293. The molecule has 4 rings (SSSR count). The summed E-state index contributed by atoms with van der Waals surface area (Å²) >= 11 is 12.4. The molecule has 0 spiro atoms. The van der Waals surface area contributed by atoms with Gasteiger partial charge in [-0.2, -0.15) is 5.10 Å². The number of carbonyl (C=O) groups is 1. The number of benzene rings is 1. The van der Waals surface area contributed by atoms with Crippen molar-refractivity contribution in [1.29, 1.82) is 0 Å². The summed E-state index contributed by atoms with van der Waals surface area (Å²) < 4.78 is 1.71. The lowest BCUT2D eigenvalue weighted by atomic mass is 10.1. The molecule has 2 amide bonds. The Balaban J connectivity index is 1.49. The standard InChI is InChI=1S/C21H19Cl2N7O/c1-11-8-18(26-20-19(11)12(2)29-30(20)3)27-28-21(31)24-13-9-16(25-17(23)10-13)14-6-4-5-7-15(14)22/h4-10H,1-3H3,(H,26,27)(H2,24,25,28,31). The minimum atomic E-state index is -0.492. The van der Waals surface area contributed by atoms with Crippen LogP contribution in [-0.4, -0.2) is 25.8 Å². The van der Waals surface area contributed by atoms with Crippen LogP contribution >= 0.6 is 23.2 Å². The highest BCUT2D eigenvalue weighted by Crippen LogP contribution is 2.29. The number of aryl methyl sites for hydroxylation is 3. The third kappa shape index (κ3) is 4.40. The van der Waals surface area contributed by atoms with Crippen LogP contribution in [0, 0.1) is 13.8 Å². The minimum Gasteiger partial charge on any atom is -0.306 e. The highest BCUT2D eigenvalue weighted by Gasteiger charge is 2.12. The van der Waals surface area contributed by atoms with E-state index in [2.05, 4.69) is 31.2 Å². The molecule has 0 saturated heterocycles. The number of rotatable bonds is 4. The van der Waals surface area contributed by atoms with Gasteiger partial charge in [-0.25, -0.2) is 14.8 Å².